The first kappa shape index (κ1) is 9.69. The fourth-order valence-electron chi connectivity index (χ4n) is 2.72. The molecule has 0 aromatic carbocycles. The van der Waals surface area contributed by atoms with E-state index in [1.807, 2.05) is 0 Å². The second kappa shape index (κ2) is 3.71. The lowest BCUT2D eigenvalue weighted by atomic mass is 10.0. The molecule has 2 aliphatic carbocycles. The normalized spacial score (nSPS) is 34.5. The molecular weight excluding hydrogens is 180 g/mol. The summed E-state index contributed by atoms with van der Waals surface area (Å²) in [6.45, 7) is 2.03. The van der Waals surface area contributed by atoms with Crippen molar-refractivity contribution in [3.05, 3.63) is 0 Å². The Hall–Kier alpha value is -0.860. The van der Waals surface area contributed by atoms with Gasteiger partial charge in [-0.3, -0.25) is 4.79 Å². The van der Waals surface area contributed by atoms with E-state index >= 15 is 0 Å². The quantitative estimate of drug-likeness (QED) is 0.508. The Morgan fingerprint density at radius 2 is 1.79 bits per heavy atom. The summed E-state index contributed by atoms with van der Waals surface area (Å²) in [7, 11) is 0. The summed E-state index contributed by atoms with van der Waals surface area (Å²) in [5, 5.41) is 0. The van der Waals surface area contributed by atoms with Gasteiger partial charge in [0.15, 0.2) is 0 Å². The van der Waals surface area contributed by atoms with Crippen molar-refractivity contribution in [2.75, 3.05) is 6.61 Å². The third-order valence-electron chi connectivity index (χ3n) is 3.44. The number of ether oxygens (including phenoxy) is 1. The van der Waals surface area contributed by atoms with Gasteiger partial charge in [-0.05, 0) is 31.6 Å². The van der Waals surface area contributed by atoms with E-state index in [1.54, 1.807) is 6.92 Å². The molecule has 3 heteroatoms. The maximum Gasteiger partial charge on any atom is 0.374 e. The van der Waals surface area contributed by atoms with Crippen LogP contribution in [0, 0.1) is 17.8 Å². The Bertz CT molecular complexity index is 247. The van der Waals surface area contributed by atoms with Crippen molar-refractivity contribution in [3.8, 4) is 0 Å². The highest BCUT2D eigenvalue weighted by atomic mass is 16.5. The molecule has 2 saturated carbocycles. The predicted molar refractivity (Wildman–Crippen MR) is 50.6 cm³/mol. The van der Waals surface area contributed by atoms with Gasteiger partial charge >= 0.3 is 5.97 Å². The van der Waals surface area contributed by atoms with Crippen molar-refractivity contribution in [2.45, 2.75) is 32.6 Å². The Labute approximate surface area is 83.8 Å². The molecule has 2 rings (SSSR count). The maximum atomic E-state index is 11.6. The number of carbonyl (C=O) groups is 2. The van der Waals surface area contributed by atoms with Crippen molar-refractivity contribution < 1.29 is 14.3 Å². The summed E-state index contributed by atoms with van der Waals surface area (Å²) in [6, 6.07) is 0. The third kappa shape index (κ3) is 1.56. The van der Waals surface area contributed by atoms with E-state index in [2.05, 4.69) is 0 Å². The molecule has 0 aromatic heterocycles. The lowest BCUT2D eigenvalue weighted by molar-refractivity contribution is -0.154. The van der Waals surface area contributed by atoms with Gasteiger partial charge in [0, 0.05) is 5.92 Å². The van der Waals surface area contributed by atoms with E-state index in [4.69, 9.17) is 4.74 Å². The molecule has 1 unspecified atom stereocenters. The standard InChI is InChI=1S/C11H16O3/c1-2-14-11(13)10(12)9-7-5-3-4-6-8(7)9/h7-9H,2-6H2,1H3/t7-,8+,9?. The first-order valence-corrected chi connectivity index (χ1v) is 5.46. The van der Waals surface area contributed by atoms with E-state index in [0.717, 1.165) is 12.8 Å². The minimum Gasteiger partial charge on any atom is -0.460 e. The van der Waals surface area contributed by atoms with Gasteiger partial charge in [0.2, 0.25) is 5.78 Å². The zero-order chi connectivity index (χ0) is 10.1. The molecule has 0 heterocycles. The Balaban J connectivity index is 1.91. The Morgan fingerprint density at radius 1 is 1.21 bits per heavy atom. The molecule has 0 aromatic rings. The van der Waals surface area contributed by atoms with Crippen LogP contribution in [0.15, 0.2) is 0 Å². The summed E-state index contributed by atoms with van der Waals surface area (Å²) in [6.07, 6.45) is 4.68. The number of hydrogen-bond donors (Lipinski definition) is 0. The fourth-order valence-corrected chi connectivity index (χ4v) is 2.72. The average Bonchev–Trinajstić information content (AvgIpc) is 2.91. The molecule has 14 heavy (non-hydrogen) atoms. The molecule has 2 aliphatic rings. The number of esters is 1. The van der Waals surface area contributed by atoms with E-state index in [0.29, 0.717) is 18.4 Å². The number of hydrogen-bond acceptors (Lipinski definition) is 3. The van der Waals surface area contributed by atoms with Gasteiger partial charge < -0.3 is 4.74 Å². The summed E-state index contributed by atoms with van der Waals surface area (Å²) < 4.78 is 4.72. The molecule has 2 fully saturated rings. The molecule has 0 spiro atoms. The van der Waals surface area contributed by atoms with Crippen molar-refractivity contribution in [3.63, 3.8) is 0 Å². The molecule has 78 valence electrons. The average molecular weight is 196 g/mol. The van der Waals surface area contributed by atoms with Gasteiger partial charge in [-0.2, -0.15) is 0 Å². The van der Waals surface area contributed by atoms with Crippen molar-refractivity contribution in [2.24, 2.45) is 17.8 Å². The molecule has 0 N–H and O–H groups in total. The minimum absolute atomic E-state index is 0.0107. The first-order valence-electron chi connectivity index (χ1n) is 5.46. The van der Waals surface area contributed by atoms with Crippen LogP contribution in [-0.4, -0.2) is 18.4 Å². The second-order valence-electron chi connectivity index (χ2n) is 4.22. The van der Waals surface area contributed by atoms with Crippen LogP contribution in [0.1, 0.15) is 32.6 Å². The Morgan fingerprint density at radius 3 is 2.29 bits per heavy atom. The van der Waals surface area contributed by atoms with Crippen molar-refractivity contribution in [1.82, 2.24) is 0 Å². The maximum absolute atomic E-state index is 11.6. The van der Waals surface area contributed by atoms with Gasteiger partial charge in [-0.25, -0.2) is 4.79 Å². The number of fused-ring (bicyclic) bond motifs is 1. The van der Waals surface area contributed by atoms with E-state index < -0.39 is 5.97 Å². The van der Waals surface area contributed by atoms with Crippen LogP contribution in [0.25, 0.3) is 0 Å². The third-order valence-corrected chi connectivity index (χ3v) is 3.44. The van der Waals surface area contributed by atoms with Gasteiger partial charge in [0.25, 0.3) is 0 Å². The van der Waals surface area contributed by atoms with Gasteiger partial charge in [-0.15, -0.1) is 0 Å². The zero-order valence-electron chi connectivity index (χ0n) is 8.49. The van der Waals surface area contributed by atoms with Gasteiger partial charge in [0.05, 0.1) is 6.61 Å². The van der Waals surface area contributed by atoms with Crippen LogP contribution in [0.2, 0.25) is 0 Å². The van der Waals surface area contributed by atoms with Gasteiger partial charge in [-0.1, -0.05) is 12.8 Å². The highest BCUT2D eigenvalue weighted by molar-refractivity contribution is 6.35. The zero-order valence-corrected chi connectivity index (χ0v) is 8.49. The molecular formula is C11H16O3. The van der Waals surface area contributed by atoms with E-state index in [9.17, 15) is 9.59 Å². The smallest absolute Gasteiger partial charge is 0.374 e. The largest absolute Gasteiger partial charge is 0.460 e. The van der Waals surface area contributed by atoms with Crippen molar-refractivity contribution >= 4 is 11.8 Å². The van der Waals surface area contributed by atoms with Crippen LogP contribution in [0.3, 0.4) is 0 Å². The lowest BCUT2D eigenvalue weighted by Gasteiger charge is -2.04. The molecule has 3 atom stereocenters. The SMILES string of the molecule is CCOC(=O)C(=O)C1[C@H]2CCCC[C@@H]12. The van der Waals surface area contributed by atoms with Crippen LogP contribution in [0.4, 0.5) is 0 Å². The summed E-state index contributed by atoms with van der Waals surface area (Å²) in [5.74, 6) is 0.119. The molecule has 0 aliphatic heterocycles. The summed E-state index contributed by atoms with van der Waals surface area (Å²) in [5.41, 5.74) is 0. The molecule has 0 radical (unpaired) electrons. The molecule has 0 amide bonds. The van der Waals surface area contributed by atoms with Crippen molar-refractivity contribution in [1.29, 1.82) is 0 Å². The first-order chi connectivity index (χ1) is 6.75. The summed E-state index contributed by atoms with van der Waals surface area (Å²) >= 11 is 0. The highest BCUT2D eigenvalue weighted by Gasteiger charge is 2.56. The van der Waals surface area contributed by atoms with Gasteiger partial charge in [0.1, 0.15) is 0 Å². The number of rotatable bonds is 3. The lowest BCUT2D eigenvalue weighted by Crippen LogP contribution is -2.20. The van der Waals surface area contributed by atoms with Crippen LogP contribution in [-0.2, 0) is 14.3 Å². The summed E-state index contributed by atoms with van der Waals surface area (Å²) in [4.78, 5) is 22.8. The van der Waals surface area contributed by atoms with E-state index in [1.165, 1.54) is 12.8 Å². The number of ketones is 1. The monoisotopic (exact) mass is 196 g/mol. The second-order valence-corrected chi connectivity index (χ2v) is 4.22. The fraction of sp³-hybridized carbons (Fsp3) is 0.818. The molecule has 3 nitrogen and oxygen atoms in total. The van der Waals surface area contributed by atoms with E-state index in [-0.39, 0.29) is 11.7 Å². The van der Waals surface area contributed by atoms with Crippen LogP contribution in [0.5, 0.6) is 0 Å². The minimum atomic E-state index is -0.619. The topological polar surface area (TPSA) is 43.4 Å². The Kier molecular flexibility index (Phi) is 2.57. The number of carbonyl (C=O) groups excluding carboxylic acids is 2. The van der Waals surface area contributed by atoms with Crippen LogP contribution >= 0.6 is 0 Å². The predicted octanol–water partition coefficient (Wildman–Crippen LogP) is 1.55. The van der Waals surface area contributed by atoms with Crippen LogP contribution < -0.4 is 0 Å². The number of Topliss-reactive ketones (excluding diaryl/α,β-unsaturated/α-hetero) is 1. The molecule has 0 bridgehead atoms. The molecule has 0 saturated heterocycles. The highest BCUT2D eigenvalue weighted by Crippen LogP contribution is 2.55.